The summed E-state index contributed by atoms with van der Waals surface area (Å²) in [4.78, 5) is 11.7. The Labute approximate surface area is 112 Å². The Morgan fingerprint density at radius 2 is 2.05 bits per heavy atom. The minimum atomic E-state index is -0.645. The highest BCUT2D eigenvalue weighted by Crippen LogP contribution is 2.43. The van der Waals surface area contributed by atoms with Crippen molar-refractivity contribution in [2.45, 2.75) is 25.2 Å². The van der Waals surface area contributed by atoms with E-state index in [2.05, 4.69) is 4.74 Å². The van der Waals surface area contributed by atoms with Crippen LogP contribution in [0.1, 0.15) is 25.3 Å². The standard InChI is InChI=1S/C15H17NO3/c1-3-15(10-7-5-4-6-8-10)9-11(17)12(13(15)16)14(18)19-2/h4-8,16-17H,3,9H2,1-2H3. The van der Waals surface area contributed by atoms with Crippen molar-refractivity contribution in [2.24, 2.45) is 0 Å². The molecule has 0 spiro atoms. The van der Waals surface area contributed by atoms with Crippen molar-refractivity contribution in [3.8, 4) is 0 Å². The molecule has 4 heteroatoms. The summed E-state index contributed by atoms with van der Waals surface area (Å²) >= 11 is 0. The van der Waals surface area contributed by atoms with Gasteiger partial charge in [0.1, 0.15) is 11.3 Å². The molecule has 4 nitrogen and oxygen atoms in total. The van der Waals surface area contributed by atoms with Gasteiger partial charge < -0.3 is 15.3 Å². The van der Waals surface area contributed by atoms with Crippen LogP contribution in [-0.2, 0) is 14.9 Å². The van der Waals surface area contributed by atoms with Crippen molar-refractivity contribution < 1.29 is 14.6 Å². The van der Waals surface area contributed by atoms with Gasteiger partial charge in [0.05, 0.1) is 12.8 Å². The maximum absolute atomic E-state index is 11.7. The van der Waals surface area contributed by atoms with E-state index in [1.54, 1.807) is 0 Å². The first-order valence-corrected chi connectivity index (χ1v) is 6.22. The van der Waals surface area contributed by atoms with Gasteiger partial charge >= 0.3 is 5.97 Å². The van der Waals surface area contributed by atoms with Gasteiger partial charge in [0, 0.05) is 11.8 Å². The summed E-state index contributed by atoms with van der Waals surface area (Å²) in [5.74, 6) is -0.698. The van der Waals surface area contributed by atoms with Crippen molar-refractivity contribution >= 4 is 11.7 Å². The quantitative estimate of drug-likeness (QED) is 0.820. The molecular formula is C15H17NO3. The van der Waals surface area contributed by atoms with Gasteiger partial charge in [0.25, 0.3) is 0 Å². The summed E-state index contributed by atoms with van der Waals surface area (Å²) < 4.78 is 4.65. The molecule has 1 unspecified atom stereocenters. The van der Waals surface area contributed by atoms with Crippen LogP contribution in [0.2, 0.25) is 0 Å². The molecule has 1 atom stereocenters. The maximum atomic E-state index is 11.7. The molecule has 0 aromatic heterocycles. The van der Waals surface area contributed by atoms with Crippen molar-refractivity contribution in [2.75, 3.05) is 7.11 Å². The number of rotatable bonds is 3. The van der Waals surface area contributed by atoms with Crippen molar-refractivity contribution in [1.29, 1.82) is 5.41 Å². The Morgan fingerprint density at radius 1 is 1.42 bits per heavy atom. The number of benzene rings is 1. The van der Waals surface area contributed by atoms with Crippen LogP contribution in [0.15, 0.2) is 41.7 Å². The van der Waals surface area contributed by atoms with Gasteiger partial charge in [0.2, 0.25) is 0 Å². The maximum Gasteiger partial charge on any atom is 0.343 e. The number of esters is 1. The largest absolute Gasteiger partial charge is 0.511 e. The average molecular weight is 259 g/mol. The van der Waals surface area contributed by atoms with Crippen LogP contribution in [0.5, 0.6) is 0 Å². The van der Waals surface area contributed by atoms with Gasteiger partial charge in [-0.25, -0.2) is 4.79 Å². The van der Waals surface area contributed by atoms with E-state index in [1.807, 2.05) is 37.3 Å². The summed E-state index contributed by atoms with van der Waals surface area (Å²) in [6.45, 7) is 1.95. The zero-order chi connectivity index (χ0) is 14.0. The Kier molecular flexibility index (Phi) is 3.42. The molecule has 1 aromatic carbocycles. The highest BCUT2D eigenvalue weighted by atomic mass is 16.5. The highest BCUT2D eigenvalue weighted by molar-refractivity contribution is 6.24. The van der Waals surface area contributed by atoms with Crippen LogP contribution >= 0.6 is 0 Å². The van der Waals surface area contributed by atoms with Gasteiger partial charge in [-0.2, -0.15) is 0 Å². The second-order valence-electron chi connectivity index (χ2n) is 4.67. The summed E-state index contributed by atoms with van der Waals surface area (Å²) in [7, 11) is 1.25. The molecule has 0 bridgehead atoms. The van der Waals surface area contributed by atoms with E-state index < -0.39 is 11.4 Å². The van der Waals surface area contributed by atoms with Gasteiger partial charge in [-0.1, -0.05) is 37.3 Å². The van der Waals surface area contributed by atoms with E-state index in [4.69, 9.17) is 5.41 Å². The topological polar surface area (TPSA) is 70.4 Å². The van der Waals surface area contributed by atoms with E-state index in [-0.39, 0.29) is 23.5 Å². The molecule has 0 heterocycles. The number of carbonyl (C=O) groups excluding carboxylic acids is 1. The molecule has 0 saturated heterocycles. The lowest BCUT2D eigenvalue weighted by Gasteiger charge is -2.28. The normalized spacial score (nSPS) is 22.7. The lowest BCUT2D eigenvalue weighted by atomic mass is 9.74. The van der Waals surface area contributed by atoms with E-state index in [9.17, 15) is 9.90 Å². The first kappa shape index (κ1) is 13.3. The zero-order valence-electron chi connectivity index (χ0n) is 11.1. The Hall–Kier alpha value is -2.10. The highest BCUT2D eigenvalue weighted by Gasteiger charge is 2.46. The number of hydrogen-bond donors (Lipinski definition) is 2. The molecular weight excluding hydrogens is 242 g/mol. The number of methoxy groups -OCH3 is 1. The van der Waals surface area contributed by atoms with E-state index in [0.717, 1.165) is 5.56 Å². The third-order valence-electron chi connectivity index (χ3n) is 3.81. The zero-order valence-corrected chi connectivity index (χ0v) is 11.1. The van der Waals surface area contributed by atoms with Gasteiger partial charge in [-0.15, -0.1) is 0 Å². The summed E-state index contributed by atoms with van der Waals surface area (Å²) in [6.07, 6.45) is 0.914. The molecule has 1 aromatic rings. The molecule has 19 heavy (non-hydrogen) atoms. The fourth-order valence-corrected chi connectivity index (χ4v) is 2.68. The monoisotopic (exact) mass is 259 g/mol. The number of aliphatic hydroxyl groups excluding tert-OH is 1. The Balaban J connectivity index is 2.48. The third kappa shape index (κ3) is 1.93. The van der Waals surface area contributed by atoms with Crippen LogP contribution in [0.25, 0.3) is 0 Å². The van der Waals surface area contributed by atoms with Crippen molar-refractivity contribution in [3.63, 3.8) is 0 Å². The van der Waals surface area contributed by atoms with E-state index >= 15 is 0 Å². The number of ether oxygens (including phenoxy) is 1. The van der Waals surface area contributed by atoms with E-state index in [1.165, 1.54) is 7.11 Å². The SMILES string of the molecule is CCC1(c2ccccc2)CC(O)=C(C(=O)OC)C1=N. The van der Waals surface area contributed by atoms with Crippen molar-refractivity contribution in [3.05, 3.63) is 47.2 Å². The van der Waals surface area contributed by atoms with Crippen molar-refractivity contribution in [1.82, 2.24) is 0 Å². The van der Waals surface area contributed by atoms with Gasteiger partial charge in [-0.05, 0) is 12.0 Å². The number of nitrogens with one attached hydrogen (secondary N) is 1. The smallest absolute Gasteiger partial charge is 0.343 e. The van der Waals surface area contributed by atoms with Crippen LogP contribution in [0.4, 0.5) is 0 Å². The second kappa shape index (κ2) is 4.88. The average Bonchev–Trinajstić information content (AvgIpc) is 2.71. The molecule has 0 amide bonds. The van der Waals surface area contributed by atoms with Gasteiger partial charge in [-0.3, -0.25) is 0 Å². The fraction of sp³-hybridized carbons (Fsp3) is 0.333. The van der Waals surface area contributed by atoms with Crippen LogP contribution in [0.3, 0.4) is 0 Å². The second-order valence-corrected chi connectivity index (χ2v) is 4.67. The third-order valence-corrected chi connectivity index (χ3v) is 3.81. The minimum Gasteiger partial charge on any atom is -0.511 e. The summed E-state index contributed by atoms with van der Waals surface area (Å²) in [5.41, 5.74) is 0.459. The lowest BCUT2D eigenvalue weighted by Crippen LogP contribution is -2.33. The summed E-state index contributed by atoms with van der Waals surface area (Å²) in [6, 6.07) is 9.54. The lowest BCUT2D eigenvalue weighted by molar-refractivity contribution is -0.135. The molecule has 0 radical (unpaired) electrons. The summed E-state index contributed by atoms with van der Waals surface area (Å²) in [5, 5.41) is 18.3. The Bertz CT molecular complexity index is 548. The minimum absolute atomic E-state index is 0.00760. The predicted molar refractivity (Wildman–Crippen MR) is 72.4 cm³/mol. The first-order valence-electron chi connectivity index (χ1n) is 6.22. The number of allylic oxidation sites excluding steroid dienone is 1. The fourth-order valence-electron chi connectivity index (χ4n) is 2.68. The predicted octanol–water partition coefficient (Wildman–Crippen LogP) is 2.74. The van der Waals surface area contributed by atoms with Crippen LogP contribution < -0.4 is 0 Å². The van der Waals surface area contributed by atoms with Gasteiger partial charge in [0.15, 0.2) is 0 Å². The number of hydrogen-bond acceptors (Lipinski definition) is 4. The van der Waals surface area contributed by atoms with Crippen LogP contribution in [0, 0.1) is 5.41 Å². The molecule has 2 N–H and O–H groups in total. The molecule has 0 fully saturated rings. The molecule has 100 valence electrons. The molecule has 0 saturated carbocycles. The van der Waals surface area contributed by atoms with E-state index in [0.29, 0.717) is 6.42 Å². The number of aliphatic hydroxyl groups is 1. The molecule has 1 aliphatic carbocycles. The van der Waals surface area contributed by atoms with Crippen LogP contribution in [-0.4, -0.2) is 23.9 Å². The number of carbonyl (C=O) groups is 1. The Morgan fingerprint density at radius 3 is 2.58 bits per heavy atom. The molecule has 1 aliphatic rings. The molecule has 2 rings (SSSR count). The first-order chi connectivity index (χ1) is 9.06. The molecule has 0 aliphatic heterocycles.